The number of likely N-dealkylation sites (tertiary alicyclic amines) is 2. The van der Waals surface area contributed by atoms with Crippen LogP contribution in [-0.2, 0) is 14.3 Å². The summed E-state index contributed by atoms with van der Waals surface area (Å²) in [5.74, 6) is 0.427. The minimum absolute atomic E-state index is 0.0613. The lowest BCUT2D eigenvalue weighted by Crippen LogP contribution is -2.58. The van der Waals surface area contributed by atoms with Gasteiger partial charge in [-0.3, -0.25) is 14.5 Å². The largest absolute Gasteiger partial charge is 0.379 e. The van der Waals surface area contributed by atoms with E-state index in [1.807, 2.05) is 0 Å². The van der Waals surface area contributed by atoms with E-state index in [1.54, 1.807) is 6.92 Å². The third-order valence-corrected chi connectivity index (χ3v) is 7.06. The van der Waals surface area contributed by atoms with Gasteiger partial charge in [0.15, 0.2) is 0 Å². The van der Waals surface area contributed by atoms with Crippen molar-refractivity contribution in [2.24, 2.45) is 5.41 Å². The van der Waals surface area contributed by atoms with Gasteiger partial charge >= 0.3 is 0 Å². The van der Waals surface area contributed by atoms with Crippen LogP contribution in [0.5, 0.6) is 0 Å². The Labute approximate surface area is 150 Å². The molecule has 4 rings (SSSR count). The minimum atomic E-state index is 0.0613. The molecule has 0 aromatic carbocycles. The van der Waals surface area contributed by atoms with E-state index in [0.29, 0.717) is 12.6 Å². The number of rotatable bonds is 2. The first kappa shape index (κ1) is 17.3. The summed E-state index contributed by atoms with van der Waals surface area (Å²) < 4.78 is 5.40. The molecule has 140 valence electrons. The molecule has 0 unspecified atom stereocenters. The van der Waals surface area contributed by atoms with E-state index in [4.69, 9.17) is 4.74 Å². The van der Waals surface area contributed by atoms with Gasteiger partial charge in [-0.1, -0.05) is 19.8 Å². The maximum absolute atomic E-state index is 13.2. The lowest BCUT2D eigenvalue weighted by molar-refractivity contribution is -0.141. The smallest absolute Gasteiger partial charge is 0.237 e. The number of ether oxygens (including phenoxy) is 1. The number of hydrogen-bond donors (Lipinski definition) is 0. The molecule has 3 heterocycles. The molecule has 0 aromatic rings. The number of piperidine rings is 1. The molecule has 0 aromatic heterocycles. The molecule has 4 atom stereocenters. The number of carbonyl (C=O) groups excluding carboxylic acids is 2. The summed E-state index contributed by atoms with van der Waals surface area (Å²) >= 11 is 0. The van der Waals surface area contributed by atoms with Gasteiger partial charge in [-0.25, -0.2) is 0 Å². The van der Waals surface area contributed by atoms with Crippen LogP contribution in [0.2, 0.25) is 0 Å². The van der Waals surface area contributed by atoms with Crippen LogP contribution in [0.1, 0.15) is 46.0 Å². The van der Waals surface area contributed by atoms with Gasteiger partial charge in [0.05, 0.1) is 25.8 Å². The first-order valence-electron chi connectivity index (χ1n) is 9.89. The van der Waals surface area contributed by atoms with Crippen molar-refractivity contribution in [2.45, 2.75) is 64.1 Å². The predicted octanol–water partition coefficient (Wildman–Crippen LogP) is 1.10. The highest BCUT2D eigenvalue weighted by Crippen LogP contribution is 2.53. The Balaban J connectivity index is 1.57. The number of morpholine rings is 1. The molecule has 6 heteroatoms. The van der Waals surface area contributed by atoms with Gasteiger partial charge in [0, 0.05) is 44.1 Å². The Kier molecular flexibility index (Phi) is 4.52. The van der Waals surface area contributed by atoms with Gasteiger partial charge in [-0.2, -0.15) is 0 Å². The third-order valence-electron chi connectivity index (χ3n) is 7.06. The lowest BCUT2D eigenvalue weighted by Gasteiger charge is -2.47. The molecule has 1 saturated carbocycles. The molecule has 2 amide bonds. The fourth-order valence-corrected chi connectivity index (χ4v) is 5.96. The standard InChI is InChI=1S/C19H31N3O3/c1-14(23)22-15-11-19(2)16(5-3-4-6-17(19)22)21(12-15)18(24)13-20-7-9-25-10-8-20/h15-17H,3-13H2,1-2H3/t15-,16+,17-,19+/m0/s1. The monoisotopic (exact) mass is 349 g/mol. The summed E-state index contributed by atoms with van der Waals surface area (Å²) in [5.41, 5.74) is 0.0613. The first-order chi connectivity index (χ1) is 12.0. The van der Waals surface area contributed by atoms with Crippen molar-refractivity contribution < 1.29 is 14.3 Å². The second-order valence-corrected chi connectivity index (χ2v) is 8.54. The zero-order chi connectivity index (χ0) is 17.6. The molecule has 0 radical (unpaired) electrons. The molecule has 0 N–H and O–H groups in total. The zero-order valence-electron chi connectivity index (χ0n) is 15.6. The summed E-state index contributed by atoms with van der Waals surface area (Å²) in [6, 6.07) is 0.799. The third kappa shape index (κ3) is 2.87. The highest BCUT2D eigenvalue weighted by Gasteiger charge is 2.60. The molecule has 4 aliphatic rings. The van der Waals surface area contributed by atoms with E-state index in [2.05, 4.69) is 21.6 Å². The van der Waals surface area contributed by atoms with Gasteiger partial charge in [0.1, 0.15) is 0 Å². The molecule has 6 nitrogen and oxygen atoms in total. The van der Waals surface area contributed by atoms with Crippen molar-refractivity contribution in [3.05, 3.63) is 0 Å². The summed E-state index contributed by atoms with van der Waals surface area (Å²) in [4.78, 5) is 32.0. The quantitative estimate of drug-likeness (QED) is 0.749. The van der Waals surface area contributed by atoms with Gasteiger partial charge in [-0.15, -0.1) is 0 Å². The number of amides is 2. The van der Waals surface area contributed by atoms with Crippen LogP contribution in [0.15, 0.2) is 0 Å². The molecule has 25 heavy (non-hydrogen) atoms. The molecule has 1 aliphatic carbocycles. The van der Waals surface area contributed by atoms with Crippen LogP contribution in [0, 0.1) is 5.41 Å². The summed E-state index contributed by atoms with van der Waals surface area (Å²) in [6.45, 7) is 8.36. The number of fused-ring (bicyclic) bond motifs is 1. The summed E-state index contributed by atoms with van der Waals surface area (Å²) in [7, 11) is 0. The number of hydrogen-bond acceptors (Lipinski definition) is 4. The second kappa shape index (κ2) is 6.54. The zero-order valence-corrected chi connectivity index (χ0v) is 15.6. The van der Waals surface area contributed by atoms with E-state index in [0.717, 1.165) is 58.5 Å². The van der Waals surface area contributed by atoms with Crippen LogP contribution in [-0.4, -0.2) is 84.0 Å². The Bertz CT molecular complexity index is 548. The van der Waals surface area contributed by atoms with Crippen molar-refractivity contribution in [1.29, 1.82) is 0 Å². The van der Waals surface area contributed by atoms with Crippen molar-refractivity contribution in [2.75, 3.05) is 39.4 Å². The molecular weight excluding hydrogens is 318 g/mol. The van der Waals surface area contributed by atoms with E-state index in [1.165, 1.54) is 6.42 Å². The molecule has 3 aliphatic heterocycles. The van der Waals surface area contributed by atoms with Crippen molar-refractivity contribution >= 4 is 11.8 Å². The Morgan fingerprint density at radius 2 is 1.80 bits per heavy atom. The first-order valence-corrected chi connectivity index (χ1v) is 9.89. The summed E-state index contributed by atoms with van der Waals surface area (Å²) in [6.07, 6.45) is 5.56. The summed E-state index contributed by atoms with van der Waals surface area (Å²) in [5, 5.41) is 0. The molecule has 2 bridgehead atoms. The van der Waals surface area contributed by atoms with Crippen LogP contribution in [0.3, 0.4) is 0 Å². The SMILES string of the molecule is CC(=O)N1[C@@H]2CN(C(=O)CN3CCOCC3)[C@@H]3CCCC[C@H]1[C@]3(C)C2. The van der Waals surface area contributed by atoms with Crippen LogP contribution >= 0.6 is 0 Å². The Morgan fingerprint density at radius 1 is 1.12 bits per heavy atom. The second-order valence-electron chi connectivity index (χ2n) is 8.54. The van der Waals surface area contributed by atoms with E-state index < -0.39 is 0 Å². The maximum Gasteiger partial charge on any atom is 0.237 e. The molecule has 0 spiro atoms. The van der Waals surface area contributed by atoms with Crippen LogP contribution in [0.4, 0.5) is 0 Å². The average molecular weight is 349 g/mol. The van der Waals surface area contributed by atoms with Crippen molar-refractivity contribution in [3.63, 3.8) is 0 Å². The molecule has 4 fully saturated rings. The van der Waals surface area contributed by atoms with E-state index >= 15 is 0 Å². The van der Waals surface area contributed by atoms with Gasteiger partial charge in [0.25, 0.3) is 0 Å². The predicted molar refractivity (Wildman–Crippen MR) is 94.0 cm³/mol. The van der Waals surface area contributed by atoms with Gasteiger partial charge in [0.2, 0.25) is 11.8 Å². The maximum atomic E-state index is 13.2. The highest BCUT2D eigenvalue weighted by atomic mass is 16.5. The van der Waals surface area contributed by atoms with E-state index in [-0.39, 0.29) is 29.3 Å². The van der Waals surface area contributed by atoms with Gasteiger partial charge < -0.3 is 14.5 Å². The highest BCUT2D eigenvalue weighted by molar-refractivity contribution is 5.80. The average Bonchev–Trinajstić information content (AvgIpc) is 2.70. The van der Waals surface area contributed by atoms with Crippen molar-refractivity contribution in [3.8, 4) is 0 Å². The fraction of sp³-hybridized carbons (Fsp3) is 0.895. The van der Waals surface area contributed by atoms with Crippen LogP contribution < -0.4 is 0 Å². The Morgan fingerprint density at radius 3 is 2.48 bits per heavy atom. The van der Waals surface area contributed by atoms with Gasteiger partial charge in [-0.05, 0) is 19.3 Å². The molecular formula is C19H31N3O3. The minimum Gasteiger partial charge on any atom is -0.379 e. The Hall–Kier alpha value is -1.14. The number of nitrogens with zero attached hydrogens (tertiary/aromatic N) is 3. The van der Waals surface area contributed by atoms with Crippen LogP contribution in [0.25, 0.3) is 0 Å². The number of carbonyl (C=O) groups is 2. The van der Waals surface area contributed by atoms with Crippen molar-refractivity contribution in [1.82, 2.24) is 14.7 Å². The molecule has 3 saturated heterocycles. The fourth-order valence-electron chi connectivity index (χ4n) is 5.96. The topological polar surface area (TPSA) is 53.1 Å². The normalized spacial score (nSPS) is 38.6. The van der Waals surface area contributed by atoms with E-state index in [9.17, 15) is 9.59 Å². The lowest BCUT2D eigenvalue weighted by atomic mass is 9.71.